The molecule has 1 aromatic carbocycles. The molecule has 2 amide bonds. The predicted molar refractivity (Wildman–Crippen MR) is 88.9 cm³/mol. The minimum atomic E-state index is -3.02. The number of likely N-dealkylation sites (tertiary alicyclic amines) is 1. The molecule has 1 aliphatic heterocycles. The van der Waals surface area contributed by atoms with Crippen molar-refractivity contribution in [2.24, 2.45) is 0 Å². The van der Waals surface area contributed by atoms with Gasteiger partial charge in [0, 0.05) is 32.0 Å². The van der Waals surface area contributed by atoms with Gasteiger partial charge in [-0.2, -0.15) is 0 Å². The summed E-state index contributed by atoms with van der Waals surface area (Å²) in [6, 6.07) is 7.15. The molecular weight excluding hydrogens is 316 g/mol. The average Bonchev–Trinajstić information content (AvgIpc) is 2.48. The van der Waals surface area contributed by atoms with Gasteiger partial charge in [-0.15, -0.1) is 0 Å². The number of anilines is 1. The van der Waals surface area contributed by atoms with Crippen LogP contribution in [0.4, 0.5) is 5.69 Å². The van der Waals surface area contributed by atoms with Gasteiger partial charge in [0.15, 0.2) is 0 Å². The van der Waals surface area contributed by atoms with Gasteiger partial charge >= 0.3 is 0 Å². The minimum absolute atomic E-state index is 0.00391. The molecule has 0 radical (unpaired) electrons. The molecule has 1 heterocycles. The second kappa shape index (κ2) is 7.12. The number of carbonyl (C=O) groups is 2. The third kappa shape index (κ3) is 5.06. The standard InChI is InChI=1S/C16H22N2O4S/c1-12(19)17-14-5-3-13(4-6-14)11-16(20)18-9-7-15(8-10-18)23(2,21)22/h3-6,15H,7-11H2,1-2H3,(H,17,19). The van der Waals surface area contributed by atoms with Crippen molar-refractivity contribution in [3.8, 4) is 0 Å². The Bertz CT molecular complexity index is 675. The fourth-order valence-electron chi connectivity index (χ4n) is 2.73. The Balaban J connectivity index is 1.89. The molecule has 1 aromatic rings. The minimum Gasteiger partial charge on any atom is -0.342 e. The first-order valence-electron chi connectivity index (χ1n) is 7.59. The van der Waals surface area contributed by atoms with Crippen molar-refractivity contribution in [3.05, 3.63) is 29.8 Å². The number of amides is 2. The quantitative estimate of drug-likeness (QED) is 0.895. The van der Waals surface area contributed by atoms with Gasteiger partial charge in [-0.25, -0.2) is 8.42 Å². The topological polar surface area (TPSA) is 83.6 Å². The van der Waals surface area contributed by atoms with E-state index in [1.54, 1.807) is 17.0 Å². The first kappa shape index (κ1) is 17.5. The van der Waals surface area contributed by atoms with Crippen LogP contribution in [0, 0.1) is 0 Å². The molecule has 23 heavy (non-hydrogen) atoms. The van der Waals surface area contributed by atoms with Crippen molar-refractivity contribution in [1.29, 1.82) is 0 Å². The lowest BCUT2D eigenvalue weighted by Gasteiger charge is -2.31. The number of hydrogen-bond acceptors (Lipinski definition) is 4. The number of carbonyl (C=O) groups excluding carboxylic acids is 2. The normalized spacial score (nSPS) is 16.2. The molecule has 1 aliphatic rings. The van der Waals surface area contributed by atoms with E-state index in [1.807, 2.05) is 12.1 Å². The molecule has 0 unspecified atom stereocenters. The summed E-state index contributed by atoms with van der Waals surface area (Å²) < 4.78 is 23.1. The maximum Gasteiger partial charge on any atom is 0.226 e. The van der Waals surface area contributed by atoms with Crippen LogP contribution in [-0.2, 0) is 25.8 Å². The molecule has 0 atom stereocenters. The van der Waals surface area contributed by atoms with Gasteiger partial charge in [-0.1, -0.05) is 12.1 Å². The van der Waals surface area contributed by atoms with E-state index in [-0.39, 0.29) is 23.5 Å². The lowest BCUT2D eigenvalue weighted by molar-refractivity contribution is -0.131. The number of rotatable bonds is 4. The molecule has 0 aliphatic carbocycles. The van der Waals surface area contributed by atoms with Crippen molar-refractivity contribution < 1.29 is 18.0 Å². The molecule has 0 aromatic heterocycles. The molecule has 2 rings (SSSR count). The van der Waals surface area contributed by atoms with Crippen molar-refractivity contribution >= 4 is 27.3 Å². The summed E-state index contributed by atoms with van der Waals surface area (Å²) in [7, 11) is -3.02. The lowest BCUT2D eigenvalue weighted by Crippen LogP contribution is -2.42. The Kier molecular flexibility index (Phi) is 5.41. The van der Waals surface area contributed by atoms with Gasteiger partial charge in [-0.05, 0) is 30.5 Å². The third-order valence-corrected chi connectivity index (χ3v) is 5.71. The highest BCUT2D eigenvalue weighted by Crippen LogP contribution is 2.18. The summed E-state index contributed by atoms with van der Waals surface area (Å²) in [4.78, 5) is 25.0. The number of nitrogens with one attached hydrogen (secondary N) is 1. The summed E-state index contributed by atoms with van der Waals surface area (Å²) in [5, 5.41) is 2.35. The summed E-state index contributed by atoms with van der Waals surface area (Å²) in [5.74, 6) is -0.133. The zero-order chi connectivity index (χ0) is 17.0. The van der Waals surface area contributed by atoms with Gasteiger partial charge in [0.2, 0.25) is 11.8 Å². The van der Waals surface area contributed by atoms with E-state index in [4.69, 9.17) is 0 Å². The SMILES string of the molecule is CC(=O)Nc1ccc(CC(=O)N2CCC(S(C)(=O)=O)CC2)cc1. The average molecular weight is 338 g/mol. The Morgan fingerprint density at radius 1 is 1.17 bits per heavy atom. The third-order valence-electron chi connectivity index (χ3n) is 4.03. The molecule has 0 saturated carbocycles. The molecule has 6 nitrogen and oxygen atoms in total. The first-order valence-corrected chi connectivity index (χ1v) is 9.54. The zero-order valence-corrected chi connectivity index (χ0v) is 14.2. The fourth-order valence-corrected chi connectivity index (χ4v) is 3.80. The number of hydrogen-bond donors (Lipinski definition) is 1. The number of piperidine rings is 1. The number of nitrogens with zero attached hydrogens (tertiary/aromatic N) is 1. The summed E-state index contributed by atoms with van der Waals surface area (Å²) in [6.45, 7) is 2.42. The molecule has 7 heteroatoms. The van der Waals surface area contributed by atoms with Gasteiger partial charge in [0.25, 0.3) is 0 Å². The monoisotopic (exact) mass is 338 g/mol. The van der Waals surface area contributed by atoms with E-state index in [0.717, 1.165) is 5.56 Å². The molecule has 1 fully saturated rings. The van der Waals surface area contributed by atoms with Gasteiger partial charge in [-0.3, -0.25) is 9.59 Å². The largest absolute Gasteiger partial charge is 0.342 e. The summed E-state index contributed by atoms with van der Waals surface area (Å²) >= 11 is 0. The number of benzene rings is 1. The second-order valence-corrected chi connectivity index (χ2v) is 8.29. The molecule has 126 valence electrons. The highest BCUT2D eigenvalue weighted by Gasteiger charge is 2.28. The predicted octanol–water partition coefficient (Wildman–Crippen LogP) is 1.22. The van der Waals surface area contributed by atoms with E-state index in [1.165, 1.54) is 13.2 Å². The van der Waals surface area contributed by atoms with Gasteiger partial charge in [0.1, 0.15) is 9.84 Å². The van der Waals surface area contributed by atoms with Crippen molar-refractivity contribution in [3.63, 3.8) is 0 Å². The highest BCUT2D eigenvalue weighted by atomic mass is 32.2. The van der Waals surface area contributed by atoms with Crippen LogP contribution in [0.2, 0.25) is 0 Å². The molecule has 1 saturated heterocycles. The van der Waals surface area contributed by atoms with Crippen LogP contribution in [0.5, 0.6) is 0 Å². The second-order valence-electron chi connectivity index (χ2n) is 5.96. The van der Waals surface area contributed by atoms with E-state index >= 15 is 0 Å². The van der Waals surface area contributed by atoms with Gasteiger partial charge < -0.3 is 10.2 Å². The lowest BCUT2D eigenvalue weighted by atomic mass is 10.1. The highest BCUT2D eigenvalue weighted by molar-refractivity contribution is 7.91. The van der Waals surface area contributed by atoms with Crippen molar-refractivity contribution in [1.82, 2.24) is 4.90 Å². The molecule has 0 bridgehead atoms. The Labute approximate surface area is 136 Å². The van der Waals surface area contributed by atoms with Crippen LogP contribution in [0.1, 0.15) is 25.3 Å². The van der Waals surface area contributed by atoms with Crippen LogP contribution >= 0.6 is 0 Å². The Morgan fingerprint density at radius 3 is 2.22 bits per heavy atom. The van der Waals surface area contributed by atoms with E-state index in [2.05, 4.69) is 5.32 Å². The number of sulfone groups is 1. The van der Waals surface area contributed by atoms with Crippen LogP contribution in [0.3, 0.4) is 0 Å². The fraction of sp³-hybridized carbons (Fsp3) is 0.500. The van der Waals surface area contributed by atoms with E-state index < -0.39 is 9.84 Å². The van der Waals surface area contributed by atoms with Crippen molar-refractivity contribution in [2.45, 2.75) is 31.4 Å². The van der Waals surface area contributed by atoms with Crippen molar-refractivity contribution in [2.75, 3.05) is 24.7 Å². The molecular formula is C16H22N2O4S. The van der Waals surface area contributed by atoms with Crippen LogP contribution in [-0.4, -0.2) is 49.7 Å². The van der Waals surface area contributed by atoms with Crippen LogP contribution < -0.4 is 5.32 Å². The first-order chi connectivity index (χ1) is 10.8. The maximum atomic E-state index is 12.3. The zero-order valence-electron chi connectivity index (χ0n) is 13.4. The summed E-state index contributed by atoms with van der Waals surface area (Å²) in [5.41, 5.74) is 1.57. The Morgan fingerprint density at radius 2 is 1.74 bits per heavy atom. The van der Waals surface area contributed by atoms with E-state index in [9.17, 15) is 18.0 Å². The molecule has 0 spiro atoms. The summed E-state index contributed by atoms with van der Waals surface area (Å²) in [6.07, 6.45) is 2.55. The molecule has 1 N–H and O–H groups in total. The van der Waals surface area contributed by atoms with Crippen LogP contribution in [0.25, 0.3) is 0 Å². The smallest absolute Gasteiger partial charge is 0.226 e. The Hall–Kier alpha value is -1.89. The maximum absolute atomic E-state index is 12.3. The van der Waals surface area contributed by atoms with E-state index in [0.29, 0.717) is 31.6 Å². The van der Waals surface area contributed by atoms with Gasteiger partial charge in [0.05, 0.1) is 11.7 Å². The van der Waals surface area contributed by atoms with Crippen LogP contribution in [0.15, 0.2) is 24.3 Å².